The second-order valence-corrected chi connectivity index (χ2v) is 5.30. The first-order valence-corrected chi connectivity index (χ1v) is 7.17. The zero-order valence-corrected chi connectivity index (χ0v) is 12.5. The molecule has 0 aliphatic rings. The third-order valence-electron chi connectivity index (χ3n) is 3.39. The van der Waals surface area contributed by atoms with Gasteiger partial charge in [-0.05, 0) is 36.2 Å². The van der Waals surface area contributed by atoms with Gasteiger partial charge in [-0.1, -0.05) is 56.3 Å². The fourth-order valence-corrected chi connectivity index (χ4v) is 2.18. The highest BCUT2D eigenvalue weighted by Gasteiger charge is 2.12. The van der Waals surface area contributed by atoms with E-state index in [4.69, 9.17) is 4.74 Å². The van der Waals surface area contributed by atoms with E-state index in [1.54, 1.807) is 0 Å². The maximum atomic E-state index is 6.11. The van der Waals surface area contributed by atoms with Crippen LogP contribution in [0.25, 0.3) is 0 Å². The Morgan fingerprint density at radius 2 is 1.55 bits per heavy atom. The highest BCUT2D eigenvalue weighted by atomic mass is 16.5. The van der Waals surface area contributed by atoms with Gasteiger partial charge in [-0.25, -0.2) is 0 Å². The molecule has 2 aromatic carbocycles. The first kappa shape index (κ1) is 14.6. The first-order valence-electron chi connectivity index (χ1n) is 7.17. The second kappa shape index (κ2) is 7.11. The number of hydrogen-bond donors (Lipinski definition) is 1. The summed E-state index contributed by atoms with van der Waals surface area (Å²) in [7, 11) is 1.95. The van der Waals surface area contributed by atoms with Crippen molar-refractivity contribution in [2.75, 3.05) is 13.6 Å². The molecular weight excluding hydrogens is 246 g/mol. The van der Waals surface area contributed by atoms with Gasteiger partial charge in [0.1, 0.15) is 11.9 Å². The zero-order chi connectivity index (χ0) is 14.4. The monoisotopic (exact) mass is 269 g/mol. The van der Waals surface area contributed by atoms with Gasteiger partial charge in [0.2, 0.25) is 0 Å². The third-order valence-corrected chi connectivity index (χ3v) is 3.39. The van der Waals surface area contributed by atoms with Gasteiger partial charge in [0, 0.05) is 6.54 Å². The molecule has 0 amide bonds. The lowest BCUT2D eigenvalue weighted by molar-refractivity contribution is 0.205. The van der Waals surface area contributed by atoms with Gasteiger partial charge in [0.15, 0.2) is 0 Å². The van der Waals surface area contributed by atoms with Crippen molar-refractivity contribution in [1.29, 1.82) is 0 Å². The predicted octanol–water partition coefficient (Wildman–Crippen LogP) is 4.15. The Kier molecular flexibility index (Phi) is 5.19. The summed E-state index contributed by atoms with van der Waals surface area (Å²) in [5.41, 5.74) is 2.53. The van der Waals surface area contributed by atoms with Gasteiger partial charge in [-0.15, -0.1) is 0 Å². The molecule has 0 spiro atoms. The van der Waals surface area contributed by atoms with Crippen molar-refractivity contribution in [3.8, 4) is 5.75 Å². The maximum absolute atomic E-state index is 6.11. The number of likely N-dealkylation sites (N-methyl/N-ethyl adjacent to an activating group) is 1. The van der Waals surface area contributed by atoms with E-state index in [-0.39, 0.29) is 6.10 Å². The smallest absolute Gasteiger partial charge is 0.136 e. The van der Waals surface area contributed by atoms with E-state index in [1.807, 2.05) is 25.2 Å². The van der Waals surface area contributed by atoms with E-state index in [9.17, 15) is 0 Å². The second-order valence-electron chi connectivity index (χ2n) is 5.30. The van der Waals surface area contributed by atoms with Crippen LogP contribution in [-0.2, 0) is 0 Å². The number of hydrogen-bond acceptors (Lipinski definition) is 2. The summed E-state index contributed by atoms with van der Waals surface area (Å²) in [6.45, 7) is 5.18. The Labute approximate surface area is 121 Å². The van der Waals surface area contributed by atoms with Crippen LogP contribution < -0.4 is 10.1 Å². The molecule has 0 aliphatic carbocycles. The van der Waals surface area contributed by atoms with Crippen molar-refractivity contribution in [3.05, 3.63) is 65.7 Å². The predicted molar refractivity (Wildman–Crippen MR) is 84.3 cm³/mol. The van der Waals surface area contributed by atoms with Crippen LogP contribution >= 0.6 is 0 Å². The van der Waals surface area contributed by atoms with E-state index in [0.717, 1.165) is 12.3 Å². The minimum absolute atomic E-state index is 0.0334. The molecule has 1 atom stereocenters. The fourth-order valence-electron chi connectivity index (χ4n) is 2.18. The van der Waals surface area contributed by atoms with Gasteiger partial charge >= 0.3 is 0 Å². The van der Waals surface area contributed by atoms with E-state index in [2.05, 4.69) is 55.6 Å². The molecule has 0 radical (unpaired) electrons. The lowest BCUT2D eigenvalue weighted by Gasteiger charge is -2.19. The molecule has 1 N–H and O–H groups in total. The average Bonchev–Trinajstić information content (AvgIpc) is 2.48. The number of benzene rings is 2. The summed E-state index contributed by atoms with van der Waals surface area (Å²) >= 11 is 0. The third kappa shape index (κ3) is 3.84. The summed E-state index contributed by atoms with van der Waals surface area (Å²) in [5, 5.41) is 3.19. The lowest BCUT2D eigenvalue weighted by Crippen LogP contribution is -2.21. The molecule has 0 aromatic heterocycles. The highest BCUT2D eigenvalue weighted by Crippen LogP contribution is 2.24. The molecule has 0 aliphatic heterocycles. The molecule has 106 valence electrons. The largest absolute Gasteiger partial charge is 0.484 e. The van der Waals surface area contributed by atoms with Crippen molar-refractivity contribution in [2.24, 2.45) is 0 Å². The van der Waals surface area contributed by atoms with Crippen LogP contribution in [0.5, 0.6) is 5.75 Å². The Bertz CT molecular complexity index is 505. The van der Waals surface area contributed by atoms with Gasteiger partial charge in [-0.2, -0.15) is 0 Å². The minimum Gasteiger partial charge on any atom is -0.484 e. The molecule has 0 saturated heterocycles. The zero-order valence-electron chi connectivity index (χ0n) is 12.5. The SMILES string of the molecule is CNCC(Oc1ccc(C(C)C)cc1)c1ccccc1. The van der Waals surface area contributed by atoms with E-state index in [1.165, 1.54) is 11.1 Å². The van der Waals surface area contributed by atoms with Crippen LogP contribution in [0, 0.1) is 0 Å². The molecule has 2 heteroatoms. The van der Waals surface area contributed by atoms with Crippen LogP contribution in [0.15, 0.2) is 54.6 Å². The van der Waals surface area contributed by atoms with Crippen molar-refractivity contribution in [1.82, 2.24) is 5.32 Å². The summed E-state index contributed by atoms with van der Waals surface area (Å²) in [6.07, 6.45) is 0.0334. The van der Waals surface area contributed by atoms with Gasteiger partial charge in [-0.3, -0.25) is 0 Å². The minimum atomic E-state index is 0.0334. The topological polar surface area (TPSA) is 21.3 Å². The molecule has 2 rings (SSSR count). The number of rotatable bonds is 6. The molecule has 2 aromatic rings. The van der Waals surface area contributed by atoms with E-state index < -0.39 is 0 Å². The Hall–Kier alpha value is -1.80. The number of nitrogens with one attached hydrogen (secondary N) is 1. The van der Waals surface area contributed by atoms with Crippen molar-refractivity contribution in [2.45, 2.75) is 25.9 Å². The molecule has 1 unspecified atom stereocenters. The molecule has 0 bridgehead atoms. The summed E-state index contributed by atoms with van der Waals surface area (Å²) in [6, 6.07) is 18.7. The lowest BCUT2D eigenvalue weighted by atomic mass is 10.0. The fraction of sp³-hybridized carbons (Fsp3) is 0.333. The van der Waals surface area contributed by atoms with Crippen LogP contribution in [-0.4, -0.2) is 13.6 Å². The molecule has 2 nitrogen and oxygen atoms in total. The van der Waals surface area contributed by atoms with Crippen molar-refractivity contribution in [3.63, 3.8) is 0 Å². The molecular formula is C18H23NO. The summed E-state index contributed by atoms with van der Waals surface area (Å²) in [4.78, 5) is 0. The van der Waals surface area contributed by atoms with E-state index >= 15 is 0 Å². The van der Waals surface area contributed by atoms with Crippen LogP contribution in [0.2, 0.25) is 0 Å². The molecule has 0 heterocycles. The Morgan fingerprint density at radius 1 is 0.900 bits per heavy atom. The van der Waals surface area contributed by atoms with Crippen LogP contribution in [0.4, 0.5) is 0 Å². The molecule has 20 heavy (non-hydrogen) atoms. The van der Waals surface area contributed by atoms with Gasteiger partial charge in [0.05, 0.1) is 0 Å². The van der Waals surface area contributed by atoms with Gasteiger partial charge < -0.3 is 10.1 Å². The Balaban J connectivity index is 2.12. The standard InChI is InChI=1S/C18H23NO/c1-14(2)15-9-11-17(12-10-15)20-18(13-19-3)16-7-5-4-6-8-16/h4-12,14,18-19H,13H2,1-3H3. The van der Waals surface area contributed by atoms with Crippen molar-refractivity contribution >= 4 is 0 Å². The average molecular weight is 269 g/mol. The summed E-state index contributed by atoms with van der Waals surface area (Å²) in [5.74, 6) is 1.46. The molecule has 0 saturated carbocycles. The normalized spacial score (nSPS) is 12.4. The highest BCUT2D eigenvalue weighted by molar-refractivity contribution is 5.30. The Morgan fingerprint density at radius 3 is 2.10 bits per heavy atom. The summed E-state index contributed by atoms with van der Waals surface area (Å²) < 4.78 is 6.11. The van der Waals surface area contributed by atoms with Crippen LogP contribution in [0.1, 0.15) is 37.0 Å². The first-order chi connectivity index (χ1) is 9.70. The molecule has 0 fully saturated rings. The quantitative estimate of drug-likeness (QED) is 0.850. The van der Waals surface area contributed by atoms with Gasteiger partial charge in [0.25, 0.3) is 0 Å². The van der Waals surface area contributed by atoms with E-state index in [0.29, 0.717) is 5.92 Å². The van der Waals surface area contributed by atoms with Crippen LogP contribution in [0.3, 0.4) is 0 Å². The maximum Gasteiger partial charge on any atom is 0.136 e. The number of ether oxygens (including phenoxy) is 1. The van der Waals surface area contributed by atoms with Crippen molar-refractivity contribution < 1.29 is 4.74 Å².